The number of hydrogen-bond donors (Lipinski definition) is 0. The standard InChI is InChI=1S/C19H20N4O2S/c1-14-17(12-18-19(22-14)21-6-5-20-18)16-4-2-3-15(11-16)13-23-7-9-26(24,25)10-8-23/h2-6,11-12H,7-10,13H2,1H3. The van der Waals surface area contributed by atoms with Crippen molar-refractivity contribution in [2.45, 2.75) is 13.5 Å². The Morgan fingerprint density at radius 2 is 1.85 bits per heavy atom. The van der Waals surface area contributed by atoms with Gasteiger partial charge in [0, 0.05) is 43.3 Å². The Balaban J connectivity index is 1.61. The number of benzene rings is 1. The zero-order chi connectivity index (χ0) is 18.1. The number of nitrogens with zero attached hydrogens (tertiary/aromatic N) is 4. The smallest absolute Gasteiger partial charge is 0.178 e. The normalized spacial score (nSPS) is 17.4. The highest BCUT2D eigenvalue weighted by Gasteiger charge is 2.21. The van der Waals surface area contributed by atoms with Crippen molar-refractivity contribution in [1.29, 1.82) is 0 Å². The van der Waals surface area contributed by atoms with Crippen LogP contribution in [0.25, 0.3) is 22.3 Å². The Labute approximate surface area is 152 Å². The lowest BCUT2D eigenvalue weighted by atomic mass is 10.0. The molecule has 0 N–H and O–H groups in total. The average Bonchev–Trinajstić information content (AvgIpc) is 2.63. The van der Waals surface area contributed by atoms with Gasteiger partial charge in [0.05, 0.1) is 11.5 Å². The molecule has 7 heteroatoms. The van der Waals surface area contributed by atoms with Crippen LogP contribution in [0, 0.1) is 6.92 Å². The molecular weight excluding hydrogens is 348 g/mol. The lowest BCUT2D eigenvalue weighted by molar-refractivity contribution is 0.288. The molecule has 0 spiro atoms. The lowest BCUT2D eigenvalue weighted by Gasteiger charge is -2.26. The van der Waals surface area contributed by atoms with Crippen LogP contribution in [0.5, 0.6) is 0 Å². The zero-order valence-corrected chi connectivity index (χ0v) is 15.4. The minimum Gasteiger partial charge on any atom is -0.297 e. The Morgan fingerprint density at radius 1 is 1.08 bits per heavy atom. The molecule has 1 aliphatic rings. The molecule has 6 nitrogen and oxygen atoms in total. The fourth-order valence-electron chi connectivity index (χ4n) is 3.29. The molecule has 1 aliphatic heterocycles. The molecule has 134 valence electrons. The SMILES string of the molecule is Cc1nc2nccnc2cc1-c1cccc(CN2CCS(=O)(=O)CC2)c1. The Kier molecular flexibility index (Phi) is 4.42. The molecule has 4 rings (SSSR count). The molecule has 1 saturated heterocycles. The number of pyridine rings is 1. The fraction of sp³-hybridized carbons (Fsp3) is 0.316. The Hall–Kier alpha value is -2.38. The zero-order valence-electron chi connectivity index (χ0n) is 14.6. The quantitative estimate of drug-likeness (QED) is 0.706. The van der Waals surface area contributed by atoms with Gasteiger partial charge in [0.2, 0.25) is 0 Å². The molecule has 0 unspecified atom stereocenters. The summed E-state index contributed by atoms with van der Waals surface area (Å²) in [6.45, 7) is 3.92. The summed E-state index contributed by atoms with van der Waals surface area (Å²) >= 11 is 0. The summed E-state index contributed by atoms with van der Waals surface area (Å²) < 4.78 is 23.2. The molecule has 3 heterocycles. The van der Waals surface area contributed by atoms with Crippen molar-refractivity contribution in [2.75, 3.05) is 24.6 Å². The van der Waals surface area contributed by atoms with Crippen molar-refractivity contribution in [3.8, 4) is 11.1 Å². The van der Waals surface area contributed by atoms with E-state index in [-0.39, 0.29) is 11.5 Å². The van der Waals surface area contributed by atoms with Crippen LogP contribution in [0.1, 0.15) is 11.3 Å². The van der Waals surface area contributed by atoms with Gasteiger partial charge in [-0.3, -0.25) is 9.88 Å². The van der Waals surface area contributed by atoms with Crippen LogP contribution < -0.4 is 0 Å². The maximum atomic E-state index is 11.6. The van der Waals surface area contributed by atoms with Gasteiger partial charge in [0.1, 0.15) is 5.52 Å². The molecule has 1 fully saturated rings. The molecule has 1 aromatic carbocycles. The third-order valence-electron chi connectivity index (χ3n) is 4.73. The van der Waals surface area contributed by atoms with Crippen molar-refractivity contribution in [1.82, 2.24) is 19.9 Å². The number of rotatable bonds is 3. The number of aromatic nitrogens is 3. The molecule has 0 bridgehead atoms. The van der Waals surface area contributed by atoms with Crippen molar-refractivity contribution in [3.63, 3.8) is 0 Å². The highest BCUT2D eigenvalue weighted by molar-refractivity contribution is 7.91. The van der Waals surface area contributed by atoms with E-state index in [9.17, 15) is 8.42 Å². The highest BCUT2D eigenvalue weighted by Crippen LogP contribution is 2.26. The van der Waals surface area contributed by atoms with Gasteiger partial charge >= 0.3 is 0 Å². The van der Waals surface area contributed by atoms with Crippen LogP contribution in [0.4, 0.5) is 0 Å². The van der Waals surface area contributed by atoms with Gasteiger partial charge in [0.15, 0.2) is 15.5 Å². The molecule has 26 heavy (non-hydrogen) atoms. The summed E-state index contributed by atoms with van der Waals surface area (Å²) in [7, 11) is -2.85. The molecule has 0 atom stereocenters. The van der Waals surface area contributed by atoms with Crippen LogP contribution in [-0.2, 0) is 16.4 Å². The second-order valence-electron chi connectivity index (χ2n) is 6.65. The maximum absolute atomic E-state index is 11.6. The van der Waals surface area contributed by atoms with Crippen molar-refractivity contribution >= 4 is 21.0 Å². The van der Waals surface area contributed by atoms with E-state index in [0.717, 1.165) is 28.9 Å². The lowest BCUT2D eigenvalue weighted by Crippen LogP contribution is -2.39. The van der Waals surface area contributed by atoms with Crippen LogP contribution >= 0.6 is 0 Å². The van der Waals surface area contributed by atoms with Crippen LogP contribution in [0.3, 0.4) is 0 Å². The van der Waals surface area contributed by atoms with E-state index in [1.165, 1.54) is 5.56 Å². The van der Waals surface area contributed by atoms with Gasteiger partial charge in [-0.2, -0.15) is 0 Å². The summed E-state index contributed by atoms with van der Waals surface area (Å²) in [5.74, 6) is 0.498. The number of hydrogen-bond acceptors (Lipinski definition) is 6. The predicted octanol–water partition coefficient (Wildman–Crippen LogP) is 2.23. The van der Waals surface area contributed by atoms with Gasteiger partial charge in [-0.05, 0) is 30.2 Å². The number of sulfone groups is 1. The van der Waals surface area contributed by atoms with E-state index in [0.29, 0.717) is 18.7 Å². The summed E-state index contributed by atoms with van der Waals surface area (Å²) in [6.07, 6.45) is 3.32. The third-order valence-corrected chi connectivity index (χ3v) is 6.34. The van der Waals surface area contributed by atoms with Gasteiger partial charge in [-0.1, -0.05) is 18.2 Å². The topological polar surface area (TPSA) is 76.1 Å². The Morgan fingerprint density at radius 3 is 2.65 bits per heavy atom. The molecule has 0 saturated carbocycles. The van der Waals surface area contributed by atoms with E-state index >= 15 is 0 Å². The molecular formula is C19H20N4O2S. The first-order valence-corrected chi connectivity index (χ1v) is 10.4. The van der Waals surface area contributed by atoms with E-state index in [1.54, 1.807) is 12.4 Å². The van der Waals surface area contributed by atoms with Crippen LogP contribution in [0.15, 0.2) is 42.7 Å². The van der Waals surface area contributed by atoms with E-state index < -0.39 is 9.84 Å². The highest BCUT2D eigenvalue weighted by atomic mass is 32.2. The molecule has 2 aromatic heterocycles. The summed E-state index contributed by atoms with van der Waals surface area (Å²) in [4.78, 5) is 15.4. The van der Waals surface area contributed by atoms with Crippen LogP contribution in [-0.4, -0.2) is 52.9 Å². The van der Waals surface area contributed by atoms with Gasteiger partial charge in [-0.15, -0.1) is 0 Å². The summed E-state index contributed by atoms with van der Waals surface area (Å²) in [6, 6.07) is 10.4. The van der Waals surface area contributed by atoms with Crippen molar-refractivity contribution in [3.05, 3.63) is 54.0 Å². The number of aryl methyl sites for hydroxylation is 1. The number of fused-ring (bicyclic) bond motifs is 1. The molecule has 0 aliphatic carbocycles. The maximum Gasteiger partial charge on any atom is 0.178 e. The van der Waals surface area contributed by atoms with Gasteiger partial charge in [-0.25, -0.2) is 18.4 Å². The average molecular weight is 368 g/mol. The molecule has 0 amide bonds. The van der Waals surface area contributed by atoms with E-state index in [2.05, 4.69) is 38.1 Å². The molecule has 0 radical (unpaired) electrons. The summed E-state index contributed by atoms with van der Waals surface area (Å²) in [5, 5.41) is 0. The van der Waals surface area contributed by atoms with Crippen molar-refractivity contribution in [2.24, 2.45) is 0 Å². The third kappa shape index (κ3) is 3.59. The minimum atomic E-state index is -2.85. The predicted molar refractivity (Wildman–Crippen MR) is 101 cm³/mol. The summed E-state index contributed by atoms with van der Waals surface area (Å²) in [5.41, 5.74) is 5.64. The van der Waals surface area contributed by atoms with E-state index in [1.807, 2.05) is 19.1 Å². The van der Waals surface area contributed by atoms with Gasteiger partial charge < -0.3 is 0 Å². The van der Waals surface area contributed by atoms with Gasteiger partial charge in [0.25, 0.3) is 0 Å². The second kappa shape index (κ2) is 6.74. The monoisotopic (exact) mass is 368 g/mol. The first kappa shape index (κ1) is 17.1. The van der Waals surface area contributed by atoms with Crippen molar-refractivity contribution < 1.29 is 8.42 Å². The fourth-order valence-corrected chi connectivity index (χ4v) is 4.56. The largest absolute Gasteiger partial charge is 0.297 e. The Bertz CT molecular complexity index is 1050. The second-order valence-corrected chi connectivity index (χ2v) is 8.95. The first-order chi connectivity index (χ1) is 12.5. The van der Waals surface area contributed by atoms with E-state index in [4.69, 9.17) is 0 Å². The first-order valence-electron chi connectivity index (χ1n) is 8.61. The van der Waals surface area contributed by atoms with Crippen LogP contribution in [0.2, 0.25) is 0 Å². The molecule has 3 aromatic rings. The minimum absolute atomic E-state index is 0.249.